The van der Waals surface area contributed by atoms with Crippen molar-refractivity contribution < 1.29 is 18.7 Å². The van der Waals surface area contributed by atoms with E-state index in [0.29, 0.717) is 11.4 Å². The van der Waals surface area contributed by atoms with Gasteiger partial charge in [-0.05, 0) is 61.4 Å². The molecule has 27 heavy (non-hydrogen) atoms. The van der Waals surface area contributed by atoms with Crippen LogP contribution in [-0.4, -0.2) is 33.6 Å². The first-order valence-corrected chi connectivity index (χ1v) is 10.2. The van der Waals surface area contributed by atoms with Gasteiger partial charge in [0.25, 0.3) is 0 Å². The SMILES string of the molecule is CCCCC[NH3+].CN(C)c1ccc(N=Nc2ccc(S(=O)(=O)[O-])cc2)cc1. The van der Waals surface area contributed by atoms with Gasteiger partial charge in [0.2, 0.25) is 0 Å². The van der Waals surface area contributed by atoms with Crippen molar-refractivity contribution in [2.75, 3.05) is 25.5 Å². The number of anilines is 1. The summed E-state index contributed by atoms with van der Waals surface area (Å²) in [6.45, 7) is 3.31. The van der Waals surface area contributed by atoms with Gasteiger partial charge in [0.15, 0.2) is 0 Å². The molecule has 7 nitrogen and oxygen atoms in total. The first-order valence-electron chi connectivity index (χ1n) is 8.82. The summed E-state index contributed by atoms with van der Waals surface area (Å²) in [5, 5.41) is 8.04. The lowest BCUT2D eigenvalue weighted by atomic mass is 10.3. The Bertz CT molecular complexity index is 798. The average molecular weight is 393 g/mol. The van der Waals surface area contributed by atoms with Crippen LogP contribution in [0.3, 0.4) is 0 Å². The third-order valence-electron chi connectivity index (χ3n) is 3.63. The maximum atomic E-state index is 10.8. The Labute approximate surface area is 161 Å². The maximum Gasteiger partial charge on any atom is 0.124 e. The molecule has 0 unspecified atom stereocenters. The zero-order valence-electron chi connectivity index (χ0n) is 16.1. The van der Waals surface area contributed by atoms with Crippen LogP contribution in [0.15, 0.2) is 63.7 Å². The molecular weight excluding hydrogens is 364 g/mol. The van der Waals surface area contributed by atoms with Crippen molar-refractivity contribution in [1.29, 1.82) is 0 Å². The molecular formula is C19H28N4O3S. The predicted molar refractivity (Wildman–Crippen MR) is 107 cm³/mol. The number of quaternary nitrogens is 1. The van der Waals surface area contributed by atoms with E-state index in [1.807, 2.05) is 43.3 Å². The highest BCUT2D eigenvalue weighted by Gasteiger charge is 2.00. The Balaban J connectivity index is 0.000000527. The molecule has 0 spiro atoms. The number of benzene rings is 2. The summed E-state index contributed by atoms with van der Waals surface area (Å²) in [4.78, 5) is 1.69. The molecule has 0 amide bonds. The fraction of sp³-hybridized carbons (Fsp3) is 0.368. The molecule has 0 aliphatic rings. The summed E-state index contributed by atoms with van der Waals surface area (Å²) in [6.07, 6.45) is 3.97. The first kappa shape index (κ1) is 22.8. The zero-order chi connectivity index (χ0) is 20.3. The third kappa shape index (κ3) is 8.76. The molecule has 0 saturated heterocycles. The zero-order valence-corrected chi connectivity index (χ0v) is 16.9. The van der Waals surface area contributed by atoms with Crippen LogP contribution in [0.1, 0.15) is 26.2 Å². The van der Waals surface area contributed by atoms with Gasteiger partial charge in [0.1, 0.15) is 10.1 Å². The summed E-state index contributed by atoms with van der Waals surface area (Å²) in [5.74, 6) is 0. The summed E-state index contributed by atoms with van der Waals surface area (Å²) < 4.78 is 32.4. The van der Waals surface area contributed by atoms with Crippen LogP contribution < -0.4 is 10.6 Å². The highest BCUT2D eigenvalue weighted by molar-refractivity contribution is 7.85. The van der Waals surface area contributed by atoms with Crippen LogP contribution in [0.5, 0.6) is 0 Å². The van der Waals surface area contributed by atoms with E-state index in [0.717, 1.165) is 12.2 Å². The normalized spacial score (nSPS) is 11.1. The Hall–Kier alpha value is -2.29. The second-order valence-electron chi connectivity index (χ2n) is 6.12. The summed E-state index contributed by atoms with van der Waals surface area (Å²) in [5.41, 5.74) is 5.93. The fourth-order valence-electron chi connectivity index (χ4n) is 2.04. The van der Waals surface area contributed by atoms with Crippen molar-refractivity contribution in [2.45, 2.75) is 31.1 Å². The summed E-state index contributed by atoms with van der Waals surface area (Å²) in [7, 11) is -0.533. The van der Waals surface area contributed by atoms with E-state index >= 15 is 0 Å². The quantitative estimate of drug-likeness (QED) is 0.441. The lowest BCUT2D eigenvalue weighted by molar-refractivity contribution is -0.368. The van der Waals surface area contributed by atoms with Crippen LogP contribution in [-0.2, 0) is 10.1 Å². The highest BCUT2D eigenvalue weighted by Crippen LogP contribution is 2.22. The van der Waals surface area contributed by atoms with Crippen LogP contribution in [0, 0.1) is 0 Å². The molecule has 0 aliphatic carbocycles. The van der Waals surface area contributed by atoms with E-state index in [4.69, 9.17) is 0 Å². The van der Waals surface area contributed by atoms with Crippen LogP contribution in [0.4, 0.5) is 17.1 Å². The number of unbranched alkanes of at least 4 members (excludes halogenated alkanes) is 2. The minimum Gasteiger partial charge on any atom is -0.744 e. The minimum absolute atomic E-state index is 0.281. The molecule has 2 aromatic carbocycles. The van der Waals surface area contributed by atoms with E-state index < -0.39 is 10.1 Å². The second kappa shape index (κ2) is 11.4. The molecule has 0 atom stereocenters. The standard InChI is InChI=1S/C14H15N3O3S.C5H13N/c1-17(2)13-7-3-11(4-8-13)15-16-12-5-9-14(10-6-12)21(18,19)20;1-2-3-4-5-6/h3-10H,1-2H3,(H,18,19,20);2-6H2,1H3. The molecule has 0 aromatic heterocycles. The van der Waals surface area contributed by atoms with Gasteiger partial charge >= 0.3 is 0 Å². The third-order valence-corrected chi connectivity index (χ3v) is 4.48. The van der Waals surface area contributed by atoms with E-state index in [2.05, 4.69) is 22.9 Å². The molecule has 0 bridgehead atoms. The Morgan fingerprint density at radius 2 is 1.41 bits per heavy atom. The van der Waals surface area contributed by atoms with Crippen molar-refractivity contribution in [3.05, 3.63) is 48.5 Å². The number of hydrogen-bond donors (Lipinski definition) is 1. The Kier molecular flexibility index (Phi) is 9.63. The van der Waals surface area contributed by atoms with Crippen LogP contribution in [0.2, 0.25) is 0 Å². The first-order chi connectivity index (χ1) is 12.8. The van der Waals surface area contributed by atoms with Crippen molar-refractivity contribution >= 4 is 27.2 Å². The molecule has 0 aliphatic heterocycles. The highest BCUT2D eigenvalue weighted by atomic mass is 32.2. The minimum atomic E-state index is -4.43. The van der Waals surface area contributed by atoms with Crippen molar-refractivity contribution in [1.82, 2.24) is 0 Å². The lowest BCUT2D eigenvalue weighted by Gasteiger charge is -2.11. The maximum absolute atomic E-state index is 10.8. The van der Waals surface area contributed by atoms with Crippen molar-refractivity contribution in [3.8, 4) is 0 Å². The fourth-order valence-corrected chi connectivity index (χ4v) is 2.51. The molecule has 0 fully saturated rings. The largest absolute Gasteiger partial charge is 0.744 e. The Morgan fingerprint density at radius 1 is 0.926 bits per heavy atom. The topological polar surface area (TPSA) is 113 Å². The smallest absolute Gasteiger partial charge is 0.124 e. The van der Waals surface area contributed by atoms with Crippen molar-refractivity contribution in [3.63, 3.8) is 0 Å². The van der Waals surface area contributed by atoms with E-state index in [1.54, 1.807) is 0 Å². The van der Waals surface area contributed by atoms with Gasteiger partial charge in [-0.3, -0.25) is 0 Å². The van der Waals surface area contributed by atoms with E-state index in [9.17, 15) is 13.0 Å². The van der Waals surface area contributed by atoms with Gasteiger partial charge in [0, 0.05) is 19.8 Å². The van der Waals surface area contributed by atoms with Gasteiger partial charge in [-0.1, -0.05) is 13.3 Å². The van der Waals surface area contributed by atoms with Gasteiger partial charge in [-0.2, -0.15) is 10.2 Å². The molecule has 0 heterocycles. The molecule has 0 radical (unpaired) electrons. The monoisotopic (exact) mass is 392 g/mol. The van der Waals surface area contributed by atoms with Gasteiger partial charge < -0.3 is 15.2 Å². The van der Waals surface area contributed by atoms with Gasteiger partial charge in [0.05, 0.1) is 22.8 Å². The molecule has 3 N–H and O–H groups in total. The van der Waals surface area contributed by atoms with Crippen LogP contribution >= 0.6 is 0 Å². The lowest BCUT2D eigenvalue weighted by Crippen LogP contribution is -2.49. The van der Waals surface area contributed by atoms with Gasteiger partial charge in [-0.15, -0.1) is 0 Å². The Morgan fingerprint density at radius 3 is 1.74 bits per heavy atom. The van der Waals surface area contributed by atoms with Gasteiger partial charge in [-0.25, -0.2) is 8.42 Å². The second-order valence-corrected chi connectivity index (χ2v) is 7.50. The number of rotatable bonds is 7. The average Bonchev–Trinajstić information content (AvgIpc) is 2.65. The molecule has 2 rings (SSSR count). The molecule has 148 valence electrons. The van der Waals surface area contributed by atoms with E-state index in [-0.39, 0.29) is 4.90 Å². The number of nitrogens with zero attached hydrogens (tertiary/aromatic N) is 3. The summed E-state index contributed by atoms with van der Waals surface area (Å²) >= 11 is 0. The van der Waals surface area contributed by atoms with Crippen molar-refractivity contribution in [2.24, 2.45) is 10.2 Å². The molecule has 0 saturated carbocycles. The predicted octanol–water partition coefficient (Wildman–Crippen LogP) is 3.49. The summed E-state index contributed by atoms with van der Waals surface area (Å²) in [6, 6.07) is 12.8. The number of azo groups is 1. The number of hydrogen-bond acceptors (Lipinski definition) is 6. The molecule has 2 aromatic rings. The van der Waals surface area contributed by atoms with Crippen LogP contribution in [0.25, 0.3) is 0 Å². The molecule has 8 heteroatoms. The van der Waals surface area contributed by atoms with E-state index in [1.165, 1.54) is 43.5 Å².